The van der Waals surface area contributed by atoms with Gasteiger partial charge >= 0.3 is 0 Å². The van der Waals surface area contributed by atoms with Crippen molar-refractivity contribution in [3.63, 3.8) is 0 Å². The molecule has 0 spiro atoms. The minimum Gasteiger partial charge on any atom is -0.507 e. The highest BCUT2D eigenvalue weighted by Crippen LogP contribution is 2.44. The van der Waals surface area contributed by atoms with Crippen molar-refractivity contribution in [2.75, 3.05) is 16.8 Å². The van der Waals surface area contributed by atoms with Gasteiger partial charge in [0.2, 0.25) is 0 Å². The molecular weight excluding hydrogens is 1210 g/mol. The molecule has 0 aliphatic carbocycles. The van der Waals surface area contributed by atoms with Gasteiger partial charge in [-0.2, -0.15) is 52.3 Å². The van der Waals surface area contributed by atoms with Crippen LogP contribution in [0.5, 0.6) is 11.5 Å². The first-order valence-corrected chi connectivity index (χ1v) is 30.9. The van der Waals surface area contributed by atoms with Gasteiger partial charge in [-0.15, -0.1) is 30.7 Å². The predicted molar refractivity (Wildman–Crippen MR) is 310 cm³/mol. The summed E-state index contributed by atoms with van der Waals surface area (Å²) in [5, 5.41) is 58.6. The van der Waals surface area contributed by atoms with Crippen molar-refractivity contribution in [3.8, 4) is 11.5 Å². The summed E-state index contributed by atoms with van der Waals surface area (Å²) in [6.45, 7) is 0. The van der Waals surface area contributed by atoms with Crippen molar-refractivity contribution in [2.45, 2.75) is 24.5 Å². The Morgan fingerprint density at radius 1 is 0.318 bits per heavy atom. The Morgan fingerprint density at radius 2 is 0.682 bits per heavy atom. The maximum atomic E-state index is 12.8. The Labute approximate surface area is 479 Å². The molecule has 0 saturated heterocycles. The predicted octanol–water partition coefficient (Wildman–Crippen LogP) is 12.5. The fourth-order valence-electron chi connectivity index (χ4n) is 8.65. The van der Waals surface area contributed by atoms with E-state index in [-0.39, 0.29) is 111 Å². The lowest BCUT2D eigenvalue weighted by atomic mass is 10.1. The highest BCUT2D eigenvalue weighted by atomic mass is 32.2. The molecule has 0 radical (unpaired) electrons. The lowest BCUT2D eigenvalue weighted by molar-refractivity contribution is 0.470. The largest absolute Gasteiger partial charge is 0.507 e. The van der Waals surface area contributed by atoms with Crippen LogP contribution in [-0.4, -0.2) is 75.1 Å². The first kappa shape index (κ1) is 58.4. The first-order chi connectivity index (χ1) is 39.9. The van der Waals surface area contributed by atoms with Crippen molar-refractivity contribution in [1.82, 2.24) is 0 Å². The molecule has 0 heterocycles. The summed E-state index contributed by atoms with van der Waals surface area (Å²) >= 11 is 0. The maximum Gasteiger partial charge on any atom is 0.296 e. The quantitative estimate of drug-likeness (QED) is 0.0259. The third-order valence-electron chi connectivity index (χ3n) is 12.7. The van der Waals surface area contributed by atoms with Gasteiger partial charge in [-0.3, -0.25) is 22.8 Å². The number of fused-ring (bicyclic) bond motifs is 4. The topological polar surface area (TPSA) is 475 Å². The number of hydrogen-bond donors (Lipinski definition) is 10. The summed E-state index contributed by atoms with van der Waals surface area (Å²) in [5.74, 6) is -1.02. The summed E-state index contributed by atoms with van der Waals surface area (Å²) in [6.07, 6.45) is 0. The third kappa shape index (κ3) is 12.3. The number of phenols is 2. The number of hydrogen-bond acceptors (Lipinski definition) is 23. The third-order valence-corrected chi connectivity index (χ3v) is 17.0. The van der Waals surface area contributed by atoms with E-state index in [1.165, 1.54) is 97.1 Å². The summed E-state index contributed by atoms with van der Waals surface area (Å²) in [7, 11) is -24.1. The zero-order valence-corrected chi connectivity index (χ0v) is 46.5. The fraction of sp³-hybridized carbons (Fsp3) is 0. The van der Waals surface area contributed by atoms with Crippen molar-refractivity contribution in [2.24, 2.45) is 40.9 Å². The molecular formula is C52H37N11O17S5. The Kier molecular flexibility index (Phi) is 14.9. The van der Waals surface area contributed by atoms with Crippen LogP contribution in [0.2, 0.25) is 0 Å². The Bertz CT molecular complexity index is 5250. The van der Waals surface area contributed by atoms with Crippen LogP contribution in [0.1, 0.15) is 0 Å². The summed E-state index contributed by atoms with van der Waals surface area (Å²) in [5.41, 5.74) is 12.6. The van der Waals surface area contributed by atoms with Gasteiger partial charge in [0, 0.05) is 60.9 Å². The number of nitrogen functional groups attached to an aromatic ring is 2. The summed E-state index contributed by atoms with van der Waals surface area (Å²) in [4.78, 5) is -3.03. The zero-order valence-electron chi connectivity index (χ0n) is 42.4. The normalized spacial score (nSPS) is 13.0. The molecule has 0 atom stereocenters. The number of azo groups is 4. The van der Waals surface area contributed by atoms with Crippen LogP contribution in [-0.2, 0) is 50.6 Å². The van der Waals surface area contributed by atoms with Crippen LogP contribution in [0, 0.1) is 0 Å². The van der Waals surface area contributed by atoms with Crippen molar-refractivity contribution >= 4 is 162 Å². The number of aromatic hydroxyl groups is 2. The Hall–Kier alpha value is -9.81. The average molecular weight is 1250 g/mol. The van der Waals surface area contributed by atoms with Crippen LogP contribution in [0.3, 0.4) is 0 Å². The molecule has 432 valence electrons. The summed E-state index contributed by atoms with van der Waals surface area (Å²) < 4.78 is 172. The molecule has 10 aromatic carbocycles. The Morgan fingerprint density at radius 3 is 1.09 bits per heavy atom. The number of nitrogens with one attached hydrogen (secondary N) is 1. The second-order valence-corrected chi connectivity index (χ2v) is 25.3. The zero-order chi connectivity index (χ0) is 61.1. The number of nitrogens with zero attached hydrogens (tertiary/aromatic N) is 8. The van der Waals surface area contributed by atoms with E-state index in [2.05, 4.69) is 46.2 Å². The lowest BCUT2D eigenvalue weighted by Crippen LogP contribution is -2.03. The maximum absolute atomic E-state index is 12.8. The SMILES string of the molecule is Nc1ccc2c(O)cc(S(=O)(=O)O)cc2c1N=Nc1ccc(N=Nc2ccc(Nc3ccc(N=Nc4ccc(N=Nc5c(N)ccc6c(O)cc(S(=O)(=O)O)cc56)c5ccc(S(=O)(=O)O)cc45)cc3S(=O)(=O)O)cc2)c2cc(S(=O)(=O)O)ccc12. The van der Waals surface area contributed by atoms with E-state index in [1.54, 1.807) is 0 Å². The van der Waals surface area contributed by atoms with Gasteiger partial charge in [0.05, 0.1) is 70.8 Å². The van der Waals surface area contributed by atoms with E-state index in [0.29, 0.717) is 0 Å². The van der Waals surface area contributed by atoms with Gasteiger partial charge in [-0.05, 0) is 127 Å². The number of benzene rings is 10. The van der Waals surface area contributed by atoms with Gasteiger partial charge in [-0.1, -0.05) is 12.1 Å². The molecule has 0 aromatic heterocycles. The molecule has 12 N–H and O–H groups in total. The smallest absolute Gasteiger partial charge is 0.296 e. The molecule has 85 heavy (non-hydrogen) atoms. The second-order valence-electron chi connectivity index (χ2n) is 18.2. The number of rotatable bonds is 15. The fourth-order valence-corrected chi connectivity index (χ4v) is 11.4. The van der Waals surface area contributed by atoms with Gasteiger partial charge in [0.25, 0.3) is 50.6 Å². The molecule has 0 amide bonds. The van der Waals surface area contributed by atoms with Crippen LogP contribution < -0.4 is 16.8 Å². The number of phenolic OH excluding ortho intramolecular Hbond substituents is 2. The average Bonchev–Trinajstić information content (AvgIpc) is 2.02. The van der Waals surface area contributed by atoms with Crippen LogP contribution in [0.4, 0.5) is 68.2 Å². The highest BCUT2D eigenvalue weighted by molar-refractivity contribution is 7.87. The van der Waals surface area contributed by atoms with E-state index >= 15 is 0 Å². The molecule has 0 fully saturated rings. The molecule has 0 bridgehead atoms. The molecule has 0 aliphatic rings. The van der Waals surface area contributed by atoms with E-state index < -0.39 is 86.6 Å². The molecule has 0 aliphatic heterocycles. The van der Waals surface area contributed by atoms with Crippen LogP contribution in [0.15, 0.2) is 217 Å². The molecule has 28 nitrogen and oxygen atoms in total. The monoisotopic (exact) mass is 1250 g/mol. The molecule has 10 rings (SSSR count). The minimum atomic E-state index is -4.99. The molecule has 33 heteroatoms. The van der Waals surface area contributed by atoms with Crippen LogP contribution >= 0.6 is 0 Å². The first-order valence-electron chi connectivity index (χ1n) is 23.7. The van der Waals surface area contributed by atoms with Crippen molar-refractivity contribution in [3.05, 3.63) is 152 Å². The molecule has 0 unspecified atom stereocenters. The van der Waals surface area contributed by atoms with Gasteiger partial charge in [0.15, 0.2) is 0 Å². The van der Waals surface area contributed by atoms with Gasteiger partial charge in [-0.25, -0.2) is 0 Å². The Balaban J connectivity index is 0.920. The number of anilines is 4. The molecule has 10 aromatic rings. The van der Waals surface area contributed by atoms with E-state index in [4.69, 9.17) is 11.5 Å². The van der Waals surface area contributed by atoms with Crippen LogP contribution in [0.25, 0.3) is 43.1 Å². The van der Waals surface area contributed by atoms with E-state index in [0.717, 1.165) is 54.6 Å². The van der Waals surface area contributed by atoms with Crippen molar-refractivity contribution in [1.29, 1.82) is 0 Å². The van der Waals surface area contributed by atoms with Crippen molar-refractivity contribution < 1.29 is 75.1 Å². The highest BCUT2D eigenvalue weighted by Gasteiger charge is 2.22. The van der Waals surface area contributed by atoms with Gasteiger partial charge in [0.1, 0.15) is 27.8 Å². The van der Waals surface area contributed by atoms with E-state index in [1.807, 2.05) is 0 Å². The standard InChI is InChI=1S/C52H37N11O17S5/c53-41-12-10-35-39(22-31(24-48(35)64)83(72,73)74)51(41)62-60-43-15-17-45(37-20-29(81(66,67)68)6-8-33(37)43)58-56-27-3-1-26(2-4-27)55-47-14-5-28(19-50(47)85(78,79)80)57-59-46-18-16-44(34-9-7-30(21-38(34)46)82(69,70)71)61-63-52-40-23-32(84(75,76)77)25-49(65)36(40)11-13-42(52)54/h1-25,55,64-65H,53-54H2,(H,66,67,68)(H,69,70,71)(H,72,73,74)(H,75,76,77)(H,78,79,80). The number of nitrogens with two attached hydrogens (primary N) is 2. The minimum absolute atomic E-state index is 0.00741. The summed E-state index contributed by atoms with van der Waals surface area (Å²) in [6, 6.07) is 31.2. The second kappa shape index (κ2) is 21.7. The van der Waals surface area contributed by atoms with Gasteiger partial charge < -0.3 is 27.0 Å². The van der Waals surface area contributed by atoms with E-state index in [9.17, 15) is 75.1 Å². The lowest BCUT2D eigenvalue weighted by Gasteiger charge is -2.11. The molecule has 0 saturated carbocycles.